The molecule has 0 bridgehead atoms. The maximum atomic E-state index is 14.0. The summed E-state index contributed by atoms with van der Waals surface area (Å²) in [5.74, 6) is -0.00608. The second-order valence-corrected chi connectivity index (χ2v) is 7.60. The molecule has 4 rings (SSSR count). The van der Waals surface area contributed by atoms with Gasteiger partial charge in [-0.15, -0.1) is 0 Å². The number of hydrogen-bond acceptors (Lipinski definition) is 5. The van der Waals surface area contributed by atoms with Crippen molar-refractivity contribution < 1.29 is 9.18 Å². The van der Waals surface area contributed by atoms with E-state index in [0.717, 1.165) is 31.0 Å². The first-order valence-electron chi connectivity index (χ1n) is 9.05. The summed E-state index contributed by atoms with van der Waals surface area (Å²) in [5.41, 5.74) is 1.98. The molecule has 6 nitrogen and oxygen atoms in total. The second kappa shape index (κ2) is 6.14. The maximum absolute atomic E-state index is 14.0. The fourth-order valence-corrected chi connectivity index (χ4v) is 4.30. The lowest BCUT2D eigenvalue weighted by molar-refractivity contribution is 0.0509. The largest absolute Gasteiger partial charge is 0.351 e. The molecule has 1 saturated heterocycles. The van der Waals surface area contributed by atoms with Crippen LogP contribution in [0.3, 0.4) is 0 Å². The van der Waals surface area contributed by atoms with Gasteiger partial charge in [0.25, 0.3) is 5.91 Å². The SMILES string of the molecule is CC(C)C1CN(C2Nc3cc(F)cc4c3N2CCNC4=O)CCN1C. The van der Waals surface area contributed by atoms with Gasteiger partial charge in [0.1, 0.15) is 5.82 Å². The van der Waals surface area contributed by atoms with E-state index in [0.29, 0.717) is 30.6 Å². The van der Waals surface area contributed by atoms with Crippen LogP contribution in [0.1, 0.15) is 24.2 Å². The van der Waals surface area contributed by atoms with Gasteiger partial charge in [-0.3, -0.25) is 9.69 Å². The summed E-state index contributed by atoms with van der Waals surface area (Å²) in [6.45, 7) is 8.69. The number of amides is 1. The van der Waals surface area contributed by atoms with Gasteiger partial charge in [-0.05, 0) is 25.1 Å². The summed E-state index contributed by atoms with van der Waals surface area (Å²) in [5, 5.41) is 6.34. The van der Waals surface area contributed by atoms with Crippen LogP contribution in [-0.2, 0) is 0 Å². The van der Waals surface area contributed by atoms with Gasteiger partial charge in [-0.1, -0.05) is 13.8 Å². The van der Waals surface area contributed by atoms with Crippen molar-refractivity contribution >= 4 is 17.3 Å². The number of likely N-dealkylation sites (N-methyl/N-ethyl adjacent to an activating group) is 1. The number of carbonyl (C=O) groups excluding carboxylic acids is 1. The second-order valence-electron chi connectivity index (χ2n) is 7.60. The van der Waals surface area contributed by atoms with Crippen LogP contribution in [0, 0.1) is 11.7 Å². The highest BCUT2D eigenvalue weighted by Crippen LogP contribution is 2.40. The number of anilines is 2. The molecule has 3 heterocycles. The van der Waals surface area contributed by atoms with Gasteiger partial charge in [-0.2, -0.15) is 0 Å². The van der Waals surface area contributed by atoms with E-state index in [9.17, 15) is 9.18 Å². The zero-order chi connectivity index (χ0) is 17.7. The Morgan fingerprint density at radius 1 is 1.24 bits per heavy atom. The minimum Gasteiger partial charge on any atom is -0.351 e. The van der Waals surface area contributed by atoms with Gasteiger partial charge in [0.2, 0.25) is 0 Å². The fraction of sp³-hybridized carbons (Fsp3) is 0.611. The summed E-state index contributed by atoms with van der Waals surface area (Å²) in [6, 6.07) is 3.33. The average molecular weight is 347 g/mol. The van der Waals surface area contributed by atoms with Crippen molar-refractivity contribution in [1.29, 1.82) is 0 Å². The zero-order valence-electron chi connectivity index (χ0n) is 15.1. The van der Waals surface area contributed by atoms with Gasteiger partial charge in [-0.25, -0.2) is 4.39 Å². The first-order valence-corrected chi connectivity index (χ1v) is 9.05. The summed E-state index contributed by atoms with van der Waals surface area (Å²) in [6.07, 6.45) is -0.0294. The number of piperazine rings is 1. The average Bonchev–Trinajstić information content (AvgIpc) is 2.83. The van der Waals surface area contributed by atoms with Gasteiger partial charge in [0.05, 0.1) is 16.9 Å². The van der Waals surface area contributed by atoms with Crippen molar-refractivity contribution in [2.24, 2.45) is 5.92 Å². The Balaban J connectivity index is 1.66. The first kappa shape index (κ1) is 16.6. The third-order valence-electron chi connectivity index (χ3n) is 5.67. The topological polar surface area (TPSA) is 50.9 Å². The molecule has 3 aliphatic rings. The normalized spacial score (nSPS) is 27.1. The fourth-order valence-electron chi connectivity index (χ4n) is 4.30. The van der Waals surface area contributed by atoms with Crippen LogP contribution in [0.25, 0.3) is 0 Å². The van der Waals surface area contributed by atoms with E-state index in [1.165, 1.54) is 12.1 Å². The Labute approximate surface area is 147 Å². The standard InChI is InChI=1S/C18H26FN5O/c1-11(2)15-10-23(7-6-22(15)3)18-21-14-9-12(19)8-13-16(14)24(18)5-4-20-17(13)25/h8-9,11,15,18,21H,4-7,10H2,1-3H3,(H,20,25). The predicted molar refractivity (Wildman–Crippen MR) is 96.3 cm³/mol. The van der Waals surface area contributed by atoms with Crippen molar-refractivity contribution in [3.63, 3.8) is 0 Å². The number of nitrogens with zero attached hydrogens (tertiary/aromatic N) is 3. The van der Waals surface area contributed by atoms with Crippen LogP contribution in [0.5, 0.6) is 0 Å². The first-order chi connectivity index (χ1) is 12.0. The summed E-state index contributed by atoms with van der Waals surface area (Å²) in [7, 11) is 2.18. The summed E-state index contributed by atoms with van der Waals surface area (Å²) < 4.78 is 14.0. The van der Waals surface area contributed by atoms with Crippen LogP contribution >= 0.6 is 0 Å². The Kier molecular flexibility index (Phi) is 4.08. The monoisotopic (exact) mass is 347 g/mol. The third kappa shape index (κ3) is 2.75. The van der Waals surface area contributed by atoms with Crippen LogP contribution in [0.2, 0.25) is 0 Å². The highest BCUT2D eigenvalue weighted by molar-refractivity contribution is 6.04. The van der Waals surface area contributed by atoms with E-state index in [1.54, 1.807) is 0 Å². The molecule has 1 fully saturated rings. The molecule has 2 unspecified atom stereocenters. The number of carbonyl (C=O) groups is 1. The lowest BCUT2D eigenvalue weighted by atomic mass is 10.0. The van der Waals surface area contributed by atoms with Crippen LogP contribution in [-0.4, -0.2) is 67.8 Å². The molecule has 0 saturated carbocycles. The molecule has 1 amide bonds. The molecule has 2 N–H and O–H groups in total. The molecule has 0 radical (unpaired) electrons. The Morgan fingerprint density at radius 3 is 2.80 bits per heavy atom. The van der Waals surface area contributed by atoms with Crippen LogP contribution < -0.4 is 15.5 Å². The minimum absolute atomic E-state index is 0.0294. The van der Waals surface area contributed by atoms with Gasteiger partial charge < -0.3 is 20.4 Å². The van der Waals surface area contributed by atoms with E-state index < -0.39 is 0 Å². The van der Waals surface area contributed by atoms with Gasteiger partial charge in [0, 0.05) is 38.8 Å². The third-order valence-corrected chi connectivity index (χ3v) is 5.67. The molecule has 1 aromatic carbocycles. The number of hydrogen-bond donors (Lipinski definition) is 2. The molecular formula is C18H26FN5O. The number of rotatable bonds is 2. The smallest absolute Gasteiger partial charge is 0.253 e. The quantitative estimate of drug-likeness (QED) is 0.846. The van der Waals surface area contributed by atoms with E-state index in [2.05, 4.69) is 46.2 Å². The Bertz CT molecular complexity index is 694. The Morgan fingerprint density at radius 2 is 2.04 bits per heavy atom. The highest BCUT2D eigenvalue weighted by Gasteiger charge is 2.40. The van der Waals surface area contributed by atoms with Crippen molar-refractivity contribution in [1.82, 2.24) is 15.1 Å². The molecular weight excluding hydrogens is 321 g/mol. The molecule has 136 valence electrons. The molecule has 25 heavy (non-hydrogen) atoms. The molecule has 2 atom stereocenters. The molecule has 0 aliphatic carbocycles. The van der Waals surface area contributed by atoms with E-state index in [1.807, 2.05) is 0 Å². The number of benzene rings is 1. The predicted octanol–water partition coefficient (Wildman–Crippen LogP) is 1.36. The van der Waals surface area contributed by atoms with Crippen molar-refractivity contribution in [3.8, 4) is 0 Å². The van der Waals surface area contributed by atoms with Gasteiger partial charge >= 0.3 is 0 Å². The lowest BCUT2D eigenvalue weighted by Crippen LogP contribution is -2.61. The van der Waals surface area contributed by atoms with Crippen molar-refractivity contribution in [2.75, 3.05) is 50.0 Å². The highest BCUT2D eigenvalue weighted by atomic mass is 19.1. The van der Waals surface area contributed by atoms with E-state index >= 15 is 0 Å². The van der Waals surface area contributed by atoms with Gasteiger partial charge in [0.15, 0.2) is 6.29 Å². The zero-order valence-corrected chi connectivity index (χ0v) is 15.1. The number of nitrogens with one attached hydrogen (secondary N) is 2. The van der Waals surface area contributed by atoms with Crippen molar-refractivity contribution in [2.45, 2.75) is 26.2 Å². The number of halogens is 1. The maximum Gasteiger partial charge on any atom is 0.253 e. The Hall–Kier alpha value is -1.86. The lowest BCUT2D eigenvalue weighted by Gasteiger charge is -2.45. The van der Waals surface area contributed by atoms with Crippen LogP contribution in [0.4, 0.5) is 15.8 Å². The van der Waals surface area contributed by atoms with Crippen molar-refractivity contribution in [3.05, 3.63) is 23.5 Å². The summed E-state index contributed by atoms with van der Waals surface area (Å²) in [4.78, 5) is 19.3. The molecule has 0 aromatic heterocycles. The van der Waals surface area contributed by atoms with Crippen LogP contribution in [0.15, 0.2) is 12.1 Å². The molecule has 7 heteroatoms. The minimum atomic E-state index is -0.377. The molecule has 1 aromatic rings. The molecule has 3 aliphatic heterocycles. The summed E-state index contributed by atoms with van der Waals surface area (Å²) >= 11 is 0. The molecule has 0 spiro atoms. The van der Waals surface area contributed by atoms with E-state index in [-0.39, 0.29) is 18.0 Å². The van der Waals surface area contributed by atoms with E-state index in [4.69, 9.17) is 0 Å².